The third-order valence-corrected chi connectivity index (χ3v) is 6.37. The normalized spacial score (nSPS) is 14.4. The number of fused-ring (bicyclic) bond motifs is 2. The third-order valence-electron chi connectivity index (χ3n) is 6.37. The molecule has 3 heterocycles. The second-order valence-electron chi connectivity index (χ2n) is 8.23. The van der Waals surface area contributed by atoms with Crippen LogP contribution in [-0.4, -0.2) is 51.8 Å². The zero-order chi connectivity index (χ0) is 24.7. The quantitative estimate of drug-likeness (QED) is 0.337. The lowest BCUT2D eigenvalue weighted by Crippen LogP contribution is -2.43. The summed E-state index contributed by atoms with van der Waals surface area (Å²) in [7, 11) is 3.12. The lowest BCUT2D eigenvalue weighted by atomic mass is 10.0. The van der Waals surface area contributed by atoms with Gasteiger partial charge in [-0.2, -0.15) is 0 Å². The van der Waals surface area contributed by atoms with Crippen molar-refractivity contribution in [2.45, 2.75) is 18.9 Å². The van der Waals surface area contributed by atoms with E-state index < -0.39 is 16.2 Å². The zero-order valence-corrected chi connectivity index (χ0v) is 19.1. The number of H-pyrrole nitrogens is 1. The molecule has 35 heavy (non-hydrogen) atoms. The van der Waals surface area contributed by atoms with Crippen LogP contribution in [0, 0.1) is 10.1 Å². The molecule has 1 saturated heterocycles. The molecule has 1 aliphatic heterocycles. The number of ether oxygens (including phenoxy) is 2. The number of rotatable bonds is 5. The Kier molecular flexibility index (Phi) is 5.55. The minimum Gasteiger partial charge on any atom is -0.493 e. The highest BCUT2D eigenvalue weighted by molar-refractivity contribution is 5.92. The van der Waals surface area contributed by atoms with Crippen molar-refractivity contribution in [3.63, 3.8) is 0 Å². The molecule has 0 aliphatic carbocycles. The maximum atomic E-state index is 13.1. The van der Waals surface area contributed by atoms with Crippen LogP contribution in [-0.2, 0) is 0 Å². The summed E-state index contributed by atoms with van der Waals surface area (Å²) in [5.74, 6) is 1.86. The van der Waals surface area contributed by atoms with Gasteiger partial charge in [0.25, 0.3) is 11.2 Å². The smallest absolute Gasteiger partial charge is 0.329 e. The van der Waals surface area contributed by atoms with Gasteiger partial charge in [0.2, 0.25) is 0 Å². The van der Waals surface area contributed by atoms with Crippen molar-refractivity contribution >= 4 is 33.3 Å². The van der Waals surface area contributed by atoms with Crippen molar-refractivity contribution in [3.8, 4) is 11.5 Å². The standard InChI is InChI=1S/C23H22N6O6/c1-34-19-10-15-18(11-20(19)35-2)24-12-25-21(15)27-7-5-13(6-8-27)28-22(30)16-9-14(29(32)33)3-4-17(16)26-23(28)31/h3-4,9-13H,5-8H2,1-2H3,(H,26,31). The number of non-ortho nitro benzene ring substituents is 1. The summed E-state index contributed by atoms with van der Waals surface area (Å²) in [6.07, 6.45) is 2.52. The van der Waals surface area contributed by atoms with Crippen LogP contribution in [0.1, 0.15) is 18.9 Å². The molecule has 1 fully saturated rings. The maximum absolute atomic E-state index is 13.1. The second kappa shape index (κ2) is 8.70. The van der Waals surface area contributed by atoms with Gasteiger partial charge in [-0.05, 0) is 25.0 Å². The lowest BCUT2D eigenvalue weighted by molar-refractivity contribution is -0.384. The number of nitro benzene ring substituents is 1. The molecular weight excluding hydrogens is 456 g/mol. The number of piperidine rings is 1. The Bertz CT molecular complexity index is 1570. The number of aromatic amines is 1. The van der Waals surface area contributed by atoms with Gasteiger partial charge >= 0.3 is 5.69 Å². The van der Waals surface area contributed by atoms with Crippen LogP contribution >= 0.6 is 0 Å². The van der Waals surface area contributed by atoms with Gasteiger partial charge in [0, 0.05) is 42.7 Å². The lowest BCUT2D eigenvalue weighted by Gasteiger charge is -2.33. The summed E-state index contributed by atoms with van der Waals surface area (Å²) in [5, 5.41) is 12.1. The Hall–Kier alpha value is -4.48. The first-order valence-electron chi connectivity index (χ1n) is 11.0. The molecule has 0 radical (unpaired) electrons. The molecule has 0 saturated carbocycles. The highest BCUT2D eigenvalue weighted by Crippen LogP contribution is 2.36. The summed E-state index contributed by atoms with van der Waals surface area (Å²) in [5.41, 5.74) is -0.283. The highest BCUT2D eigenvalue weighted by atomic mass is 16.6. The van der Waals surface area contributed by atoms with E-state index in [4.69, 9.17) is 9.47 Å². The minimum atomic E-state index is -0.566. The van der Waals surface area contributed by atoms with Crippen molar-refractivity contribution in [1.29, 1.82) is 0 Å². The van der Waals surface area contributed by atoms with E-state index in [1.807, 2.05) is 6.07 Å². The number of benzene rings is 2. The topological polar surface area (TPSA) is 145 Å². The number of aromatic nitrogens is 4. The van der Waals surface area contributed by atoms with Crippen molar-refractivity contribution < 1.29 is 14.4 Å². The molecule has 4 aromatic rings. The fourth-order valence-electron chi connectivity index (χ4n) is 4.62. The van der Waals surface area contributed by atoms with E-state index in [9.17, 15) is 19.7 Å². The Morgan fingerprint density at radius 1 is 1.03 bits per heavy atom. The van der Waals surface area contributed by atoms with Crippen LogP contribution in [0.2, 0.25) is 0 Å². The van der Waals surface area contributed by atoms with Crippen LogP contribution in [0.25, 0.3) is 21.8 Å². The molecule has 0 spiro atoms. The molecule has 0 amide bonds. The fourth-order valence-corrected chi connectivity index (χ4v) is 4.62. The number of nitrogens with zero attached hydrogens (tertiary/aromatic N) is 5. The van der Waals surface area contributed by atoms with Crippen LogP contribution in [0.4, 0.5) is 11.5 Å². The molecule has 2 aromatic carbocycles. The van der Waals surface area contributed by atoms with Gasteiger partial charge in [-0.25, -0.2) is 14.8 Å². The SMILES string of the molecule is COc1cc2ncnc(N3CCC(n4c(=O)[nH]c5ccc([N+](=O)[O-])cc5c4=O)CC3)c2cc1OC. The molecule has 0 bridgehead atoms. The van der Waals surface area contributed by atoms with Crippen molar-refractivity contribution in [3.05, 3.63) is 67.6 Å². The molecule has 2 aromatic heterocycles. The number of nitrogens with one attached hydrogen (secondary N) is 1. The van der Waals surface area contributed by atoms with E-state index in [-0.39, 0.29) is 22.6 Å². The summed E-state index contributed by atoms with van der Waals surface area (Å²) in [6, 6.07) is 7.12. The molecule has 180 valence electrons. The Morgan fingerprint density at radius 3 is 2.43 bits per heavy atom. The van der Waals surface area contributed by atoms with Gasteiger partial charge in [-0.3, -0.25) is 19.5 Å². The highest BCUT2D eigenvalue weighted by Gasteiger charge is 2.26. The average molecular weight is 478 g/mol. The van der Waals surface area contributed by atoms with E-state index >= 15 is 0 Å². The Morgan fingerprint density at radius 2 is 1.74 bits per heavy atom. The van der Waals surface area contributed by atoms with Gasteiger partial charge in [0.05, 0.1) is 35.6 Å². The van der Waals surface area contributed by atoms with E-state index in [0.29, 0.717) is 42.9 Å². The average Bonchev–Trinajstić information content (AvgIpc) is 2.87. The van der Waals surface area contributed by atoms with Crippen molar-refractivity contribution in [2.75, 3.05) is 32.2 Å². The summed E-state index contributed by atoms with van der Waals surface area (Å²) in [6.45, 7) is 1.09. The van der Waals surface area contributed by atoms with Crippen molar-refractivity contribution in [2.24, 2.45) is 0 Å². The predicted octanol–water partition coefficient (Wildman–Crippen LogP) is 2.40. The Balaban J connectivity index is 1.46. The number of hydrogen-bond donors (Lipinski definition) is 1. The first-order valence-corrected chi connectivity index (χ1v) is 11.0. The zero-order valence-electron chi connectivity index (χ0n) is 19.1. The summed E-state index contributed by atoms with van der Waals surface area (Å²) >= 11 is 0. The molecule has 1 N–H and O–H groups in total. The Labute approximate surface area is 197 Å². The van der Waals surface area contributed by atoms with E-state index in [0.717, 1.165) is 11.2 Å². The fraction of sp³-hybridized carbons (Fsp3) is 0.304. The monoisotopic (exact) mass is 478 g/mol. The van der Waals surface area contributed by atoms with Crippen LogP contribution in [0.3, 0.4) is 0 Å². The van der Waals surface area contributed by atoms with Crippen molar-refractivity contribution in [1.82, 2.24) is 19.5 Å². The number of methoxy groups -OCH3 is 2. The first-order chi connectivity index (χ1) is 16.9. The molecule has 5 rings (SSSR count). The number of anilines is 1. The first kappa shape index (κ1) is 22.3. The molecule has 0 unspecified atom stereocenters. The molecular formula is C23H22N6O6. The molecule has 1 aliphatic rings. The van der Waals surface area contributed by atoms with Gasteiger partial charge in [-0.1, -0.05) is 0 Å². The van der Waals surface area contributed by atoms with Crippen LogP contribution in [0.15, 0.2) is 46.2 Å². The molecule has 0 atom stereocenters. The van der Waals surface area contributed by atoms with E-state index in [1.165, 1.54) is 29.1 Å². The van der Waals surface area contributed by atoms with E-state index in [1.54, 1.807) is 20.3 Å². The van der Waals surface area contributed by atoms with Crippen LogP contribution < -0.4 is 25.6 Å². The molecule has 12 heteroatoms. The molecule has 12 nitrogen and oxygen atoms in total. The third kappa shape index (κ3) is 3.82. The van der Waals surface area contributed by atoms with Gasteiger partial charge in [-0.15, -0.1) is 0 Å². The largest absolute Gasteiger partial charge is 0.493 e. The second-order valence-corrected chi connectivity index (χ2v) is 8.23. The number of hydrogen-bond acceptors (Lipinski definition) is 9. The van der Waals surface area contributed by atoms with Gasteiger partial charge in [0.1, 0.15) is 12.1 Å². The number of nitro groups is 1. The summed E-state index contributed by atoms with van der Waals surface area (Å²) in [4.78, 5) is 50.0. The minimum absolute atomic E-state index is 0.115. The summed E-state index contributed by atoms with van der Waals surface area (Å²) < 4.78 is 12.0. The van der Waals surface area contributed by atoms with Gasteiger partial charge in [0.15, 0.2) is 11.5 Å². The maximum Gasteiger partial charge on any atom is 0.329 e. The van der Waals surface area contributed by atoms with E-state index in [2.05, 4.69) is 19.9 Å². The van der Waals surface area contributed by atoms with Gasteiger partial charge < -0.3 is 19.4 Å². The predicted molar refractivity (Wildman–Crippen MR) is 129 cm³/mol. The van der Waals surface area contributed by atoms with Crippen LogP contribution in [0.5, 0.6) is 11.5 Å².